The molecule has 0 aliphatic heterocycles. The number of hydrogen-bond acceptors (Lipinski definition) is 6. The van der Waals surface area contributed by atoms with Crippen molar-refractivity contribution in [3.05, 3.63) is 34.2 Å². The Balaban J connectivity index is 1.91. The van der Waals surface area contributed by atoms with Crippen LogP contribution in [-0.2, 0) is 6.54 Å². The minimum atomic E-state index is 0.469. The SMILES string of the molecule is Cc1cnc(NN)nc1N(Cc1ccsc1)C1CC1. The highest BCUT2D eigenvalue weighted by molar-refractivity contribution is 7.07. The van der Waals surface area contributed by atoms with Crippen LogP contribution >= 0.6 is 11.3 Å². The summed E-state index contributed by atoms with van der Waals surface area (Å²) in [6, 6.07) is 2.76. The Kier molecular flexibility index (Phi) is 3.35. The van der Waals surface area contributed by atoms with E-state index in [9.17, 15) is 0 Å². The lowest BCUT2D eigenvalue weighted by molar-refractivity contribution is 0.773. The molecular formula is C13H17N5S. The second kappa shape index (κ2) is 5.14. The molecule has 0 amide bonds. The van der Waals surface area contributed by atoms with Gasteiger partial charge in [-0.25, -0.2) is 10.8 Å². The first-order chi connectivity index (χ1) is 9.28. The molecule has 6 heteroatoms. The van der Waals surface area contributed by atoms with Gasteiger partial charge in [-0.2, -0.15) is 16.3 Å². The Morgan fingerprint density at radius 2 is 2.37 bits per heavy atom. The molecule has 0 bridgehead atoms. The highest BCUT2D eigenvalue weighted by atomic mass is 32.1. The number of hydrogen-bond donors (Lipinski definition) is 2. The number of nitrogens with two attached hydrogens (primary N) is 1. The summed E-state index contributed by atoms with van der Waals surface area (Å²) in [5.41, 5.74) is 4.94. The second-order valence-electron chi connectivity index (χ2n) is 4.84. The van der Waals surface area contributed by atoms with E-state index in [2.05, 4.69) is 37.1 Å². The van der Waals surface area contributed by atoms with Gasteiger partial charge in [-0.15, -0.1) is 0 Å². The fraction of sp³-hybridized carbons (Fsp3) is 0.385. The number of thiophene rings is 1. The molecule has 0 unspecified atom stereocenters. The number of aromatic nitrogens is 2. The van der Waals surface area contributed by atoms with E-state index in [0.717, 1.165) is 17.9 Å². The zero-order valence-corrected chi connectivity index (χ0v) is 11.7. The first kappa shape index (κ1) is 12.4. The van der Waals surface area contributed by atoms with Gasteiger partial charge in [0.2, 0.25) is 5.95 Å². The van der Waals surface area contributed by atoms with Crippen LogP contribution < -0.4 is 16.2 Å². The molecule has 2 aromatic heterocycles. The summed E-state index contributed by atoms with van der Waals surface area (Å²) in [4.78, 5) is 11.0. The topological polar surface area (TPSA) is 67.1 Å². The van der Waals surface area contributed by atoms with E-state index in [4.69, 9.17) is 5.84 Å². The van der Waals surface area contributed by atoms with Crippen molar-refractivity contribution in [2.75, 3.05) is 10.3 Å². The van der Waals surface area contributed by atoms with Gasteiger partial charge in [0.05, 0.1) is 0 Å². The maximum atomic E-state index is 5.40. The van der Waals surface area contributed by atoms with E-state index in [1.165, 1.54) is 18.4 Å². The molecule has 3 N–H and O–H groups in total. The minimum Gasteiger partial charge on any atom is -0.349 e. The largest absolute Gasteiger partial charge is 0.349 e. The molecule has 0 atom stereocenters. The molecule has 19 heavy (non-hydrogen) atoms. The Morgan fingerprint density at radius 1 is 1.53 bits per heavy atom. The molecule has 2 aromatic rings. The lowest BCUT2D eigenvalue weighted by Crippen LogP contribution is -2.27. The summed E-state index contributed by atoms with van der Waals surface area (Å²) < 4.78 is 0. The number of nitrogens with one attached hydrogen (secondary N) is 1. The zero-order valence-electron chi connectivity index (χ0n) is 10.8. The average Bonchev–Trinajstić information content (AvgIpc) is 3.14. The van der Waals surface area contributed by atoms with Gasteiger partial charge in [-0.3, -0.25) is 5.43 Å². The highest BCUT2D eigenvalue weighted by Gasteiger charge is 2.31. The molecule has 0 saturated heterocycles. The Hall–Kier alpha value is -1.66. The molecule has 100 valence electrons. The molecule has 1 fully saturated rings. The van der Waals surface area contributed by atoms with E-state index in [-0.39, 0.29) is 0 Å². The van der Waals surface area contributed by atoms with Crippen molar-refractivity contribution in [3.63, 3.8) is 0 Å². The number of hydrazine groups is 1. The predicted molar refractivity (Wildman–Crippen MR) is 78.1 cm³/mol. The normalized spacial score (nSPS) is 14.4. The van der Waals surface area contributed by atoms with Gasteiger partial charge in [-0.05, 0) is 42.2 Å². The quantitative estimate of drug-likeness (QED) is 0.647. The zero-order chi connectivity index (χ0) is 13.2. The fourth-order valence-corrected chi connectivity index (χ4v) is 2.80. The van der Waals surface area contributed by atoms with Crippen molar-refractivity contribution in [1.82, 2.24) is 9.97 Å². The van der Waals surface area contributed by atoms with Crippen molar-refractivity contribution < 1.29 is 0 Å². The van der Waals surface area contributed by atoms with Gasteiger partial charge in [0.1, 0.15) is 5.82 Å². The molecule has 0 radical (unpaired) electrons. The van der Waals surface area contributed by atoms with Crippen LogP contribution in [0.15, 0.2) is 23.0 Å². The predicted octanol–water partition coefficient (Wildman–Crippen LogP) is 2.30. The Morgan fingerprint density at radius 3 is 3.00 bits per heavy atom. The van der Waals surface area contributed by atoms with Crippen LogP contribution in [0, 0.1) is 6.92 Å². The van der Waals surface area contributed by atoms with Gasteiger partial charge in [0.25, 0.3) is 0 Å². The third kappa shape index (κ3) is 2.69. The summed E-state index contributed by atoms with van der Waals surface area (Å²) >= 11 is 1.73. The van der Waals surface area contributed by atoms with Gasteiger partial charge >= 0.3 is 0 Å². The van der Waals surface area contributed by atoms with Crippen molar-refractivity contribution >= 4 is 23.1 Å². The lowest BCUT2D eigenvalue weighted by Gasteiger charge is -2.25. The van der Waals surface area contributed by atoms with E-state index < -0.39 is 0 Å². The summed E-state index contributed by atoms with van der Waals surface area (Å²) in [5, 5.41) is 4.30. The monoisotopic (exact) mass is 275 g/mol. The minimum absolute atomic E-state index is 0.469. The molecule has 1 aliphatic rings. The molecule has 2 heterocycles. The van der Waals surface area contributed by atoms with Crippen molar-refractivity contribution in [1.29, 1.82) is 0 Å². The van der Waals surface area contributed by atoms with Crippen LogP contribution in [0.4, 0.5) is 11.8 Å². The molecule has 0 aromatic carbocycles. The standard InChI is InChI=1S/C13H17N5S/c1-9-6-15-13(17-14)16-12(9)18(11-2-3-11)7-10-4-5-19-8-10/h4-6,8,11H,2-3,7,14H2,1H3,(H,15,16,17). The van der Waals surface area contributed by atoms with E-state index in [0.29, 0.717) is 12.0 Å². The number of nitrogen functional groups attached to an aromatic ring is 1. The average molecular weight is 275 g/mol. The van der Waals surface area contributed by atoms with Crippen LogP contribution in [0.5, 0.6) is 0 Å². The van der Waals surface area contributed by atoms with E-state index in [1.807, 2.05) is 13.1 Å². The van der Waals surface area contributed by atoms with Gasteiger partial charge in [-0.1, -0.05) is 0 Å². The van der Waals surface area contributed by atoms with Crippen molar-refractivity contribution in [2.24, 2.45) is 5.84 Å². The van der Waals surface area contributed by atoms with Crippen LogP contribution in [-0.4, -0.2) is 16.0 Å². The first-order valence-corrected chi connectivity index (χ1v) is 7.30. The number of rotatable bonds is 5. The first-order valence-electron chi connectivity index (χ1n) is 6.36. The summed E-state index contributed by atoms with van der Waals surface area (Å²) in [6.07, 6.45) is 4.29. The summed E-state index contributed by atoms with van der Waals surface area (Å²) in [5.74, 6) is 6.86. The number of nitrogens with zero attached hydrogens (tertiary/aromatic N) is 3. The molecule has 5 nitrogen and oxygen atoms in total. The summed E-state index contributed by atoms with van der Waals surface area (Å²) in [6.45, 7) is 2.94. The maximum absolute atomic E-state index is 5.40. The third-order valence-corrected chi connectivity index (χ3v) is 4.00. The van der Waals surface area contributed by atoms with Crippen molar-refractivity contribution in [2.45, 2.75) is 32.4 Å². The van der Waals surface area contributed by atoms with E-state index in [1.54, 1.807) is 11.3 Å². The molecular weight excluding hydrogens is 258 g/mol. The Bertz CT molecular complexity index is 550. The fourth-order valence-electron chi connectivity index (χ4n) is 2.14. The molecule has 0 spiro atoms. The van der Waals surface area contributed by atoms with E-state index >= 15 is 0 Å². The van der Waals surface area contributed by atoms with Crippen LogP contribution in [0.2, 0.25) is 0 Å². The second-order valence-corrected chi connectivity index (χ2v) is 5.62. The molecule has 1 saturated carbocycles. The van der Waals surface area contributed by atoms with Gasteiger partial charge < -0.3 is 4.90 Å². The number of aryl methyl sites for hydroxylation is 1. The van der Waals surface area contributed by atoms with Crippen LogP contribution in [0.1, 0.15) is 24.0 Å². The lowest BCUT2D eigenvalue weighted by atomic mass is 10.2. The van der Waals surface area contributed by atoms with Gasteiger partial charge in [0.15, 0.2) is 0 Å². The number of anilines is 2. The van der Waals surface area contributed by atoms with Crippen LogP contribution in [0.25, 0.3) is 0 Å². The highest BCUT2D eigenvalue weighted by Crippen LogP contribution is 2.34. The maximum Gasteiger partial charge on any atom is 0.239 e. The Labute approximate surface area is 116 Å². The van der Waals surface area contributed by atoms with Crippen LogP contribution in [0.3, 0.4) is 0 Å². The third-order valence-electron chi connectivity index (χ3n) is 3.27. The molecule has 3 rings (SSSR count). The summed E-state index contributed by atoms with van der Waals surface area (Å²) in [7, 11) is 0. The van der Waals surface area contributed by atoms with Gasteiger partial charge in [0, 0.05) is 24.3 Å². The molecule has 1 aliphatic carbocycles. The van der Waals surface area contributed by atoms with Crippen molar-refractivity contribution in [3.8, 4) is 0 Å². The smallest absolute Gasteiger partial charge is 0.239 e.